The molecule has 1 fully saturated rings. The van der Waals surface area contributed by atoms with Gasteiger partial charge in [-0.15, -0.1) is 0 Å². The molecule has 1 saturated heterocycles. The van der Waals surface area contributed by atoms with Crippen LogP contribution in [0.1, 0.15) is 13.8 Å². The van der Waals surface area contributed by atoms with Gasteiger partial charge >= 0.3 is 0 Å². The lowest BCUT2D eigenvalue weighted by Crippen LogP contribution is -2.46. The van der Waals surface area contributed by atoms with Crippen molar-refractivity contribution in [2.45, 2.75) is 13.8 Å². The monoisotopic (exact) mass is 200 g/mol. The van der Waals surface area contributed by atoms with E-state index in [-0.39, 0.29) is 6.61 Å². The maximum Gasteiger partial charge on any atom is 0.185 e. The van der Waals surface area contributed by atoms with Crippen molar-refractivity contribution < 1.29 is 10.2 Å². The first-order chi connectivity index (χ1) is 6.65. The Balaban J connectivity index is 2.39. The SMILES string of the molecule is CC(C)=C(O)N1CCN(CCO)CC1. The molecule has 82 valence electrons. The molecular formula is C10H20N2O2. The van der Waals surface area contributed by atoms with Crippen molar-refractivity contribution in [3.8, 4) is 0 Å². The molecule has 1 aliphatic heterocycles. The molecule has 0 unspecified atom stereocenters. The number of hydrogen-bond acceptors (Lipinski definition) is 4. The predicted octanol–water partition coefficient (Wildman–Crippen LogP) is 0.406. The molecule has 4 nitrogen and oxygen atoms in total. The van der Waals surface area contributed by atoms with Crippen LogP contribution in [0.25, 0.3) is 0 Å². The molecule has 0 aromatic rings. The molecular weight excluding hydrogens is 180 g/mol. The summed E-state index contributed by atoms with van der Waals surface area (Å²) in [5.41, 5.74) is 0.959. The van der Waals surface area contributed by atoms with Gasteiger partial charge in [0.15, 0.2) is 5.88 Å². The Morgan fingerprint density at radius 2 is 1.71 bits per heavy atom. The second-order valence-electron chi connectivity index (χ2n) is 3.88. The van der Waals surface area contributed by atoms with Crippen molar-refractivity contribution in [2.24, 2.45) is 0 Å². The fourth-order valence-corrected chi connectivity index (χ4v) is 1.64. The summed E-state index contributed by atoms with van der Waals surface area (Å²) in [4.78, 5) is 4.19. The average molecular weight is 200 g/mol. The Labute approximate surface area is 85.4 Å². The summed E-state index contributed by atoms with van der Waals surface area (Å²) in [6, 6.07) is 0. The summed E-state index contributed by atoms with van der Waals surface area (Å²) in [5, 5.41) is 18.5. The lowest BCUT2D eigenvalue weighted by atomic mass is 10.3. The van der Waals surface area contributed by atoms with E-state index in [4.69, 9.17) is 5.11 Å². The van der Waals surface area contributed by atoms with Crippen LogP contribution < -0.4 is 0 Å². The number of nitrogens with zero attached hydrogens (tertiary/aromatic N) is 2. The maximum absolute atomic E-state index is 9.71. The lowest BCUT2D eigenvalue weighted by Gasteiger charge is -2.35. The number of hydrogen-bond donors (Lipinski definition) is 2. The highest BCUT2D eigenvalue weighted by Gasteiger charge is 2.18. The minimum absolute atomic E-state index is 0.217. The van der Waals surface area contributed by atoms with Crippen LogP contribution in [0.15, 0.2) is 11.5 Å². The Kier molecular flexibility index (Phi) is 4.22. The van der Waals surface area contributed by atoms with E-state index < -0.39 is 0 Å². The van der Waals surface area contributed by atoms with Gasteiger partial charge in [-0.3, -0.25) is 4.90 Å². The Morgan fingerprint density at radius 3 is 2.14 bits per heavy atom. The van der Waals surface area contributed by atoms with Gasteiger partial charge in [-0.05, 0) is 19.4 Å². The number of allylic oxidation sites excluding steroid dienone is 1. The third-order valence-corrected chi connectivity index (χ3v) is 2.54. The van der Waals surface area contributed by atoms with Crippen molar-refractivity contribution in [1.29, 1.82) is 0 Å². The average Bonchev–Trinajstić information content (AvgIpc) is 2.18. The van der Waals surface area contributed by atoms with E-state index >= 15 is 0 Å². The Hall–Kier alpha value is -0.740. The van der Waals surface area contributed by atoms with E-state index in [1.165, 1.54) is 0 Å². The molecule has 2 N–H and O–H groups in total. The highest BCUT2D eigenvalue weighted by atomic mass is 16.3. The van der Waals surface area contributed by atoms with Crippen molar-refractivity contribution in [3.63, 3.8) is 0 Å². The summed E-state index contributed by atoms with van der Waals surface area (Å²) >= 11 is 0. The van der Waals surface area contributed by atoms with Gasteiger partial charge in [0.05, 0.1) is 6.61 Å². The van der Waals surface area contributed by atoms with Crippen molar-refractivity contribution >= 4 is 0 Å². The van der Waals surface area contributed by atoms with Gasteiger partial charge in [-0.25, -0.2) is 0 Å². The molecule has 0 radical (unpaired) electrons. The van der Waals surface area contributed by atoms with Crippen LogP contribution in [-0.4, -0.2) is 59.3 Å². The smallest absolute Gasteiger partial charge is 0.185 e. The third kappa shape index (κ3) is 2.89. The third-order valence-electron chi connectivity index (χ3n) is 2.54. The number of aliphatic hydroxyl groups excluding tert-OH is 2. The summed E-state index contributed by atoms with van der Waals surface area (Å²) in [6.07, 6.45) is 0. The van der Waals surface area contributed by atoms with Gasteiger partial charge in [-0.1, -0.05) is 0 Å². The first kappa shape index (κ1) is 11.3. The molecule has 0 aromatic heterocycles. The highest BCUT2D eigenvalue weighted by molar-refractivity contribution is 5.01. The van der Waals surface area contributed by atoms with Gasteiger partial charge < -0.3 is 15.1 Å². The fraction of sp³-hybridized carbons (Fsp3) is 0.800. The predicted molar refractivity (Wildman–Crippen MR) is 56.1 cm³/mol. The molecule has 0 aliphatic carbocycles. The van der Waals surface area contributed by atoms with Crippen LogP contribution in [0.3, 0.4) is 0 Å². The van der Waals surface area contributed by atoms with Crippen LogP contribution >= 0.6 is 0 Å². The number of β-amino-alcohol motifs (C(OH)–C–C–N with tert-alkyl or cyclic N) is 1. The summed E-state index contributed by atoms with van der Waals surface area (Å²) < 4.78 is 0. The second-order valence-corrected chi connectivity index (χ2v) is 3.88. The van der Waals surface area contributed by atoms with Gasteiger partial charge in [0, 0.05) is 32.7 Å². The number of piperazine rings is 1. The van der Waals surface area contributed by atoms with Gasteiger partial charge in [0.2, 0.25) is 0 Å². The summed E-state index contributed by atoms with van der Waals surface area (Å²) in [5.74, 6) is 0.411. The summed E-state index contributed by atoms with van der Waals surface area (Å²) in [7, 11) is 0. The van der Waals surface area contributed by atoms with E-state index in [2.05, 4.69) is 4.90 Å². The number of aliphatic hydroxyl groups is 2. The molecule has 1 rings (SSSR count). The van der Waals surface area contributed by atoms with Crippen LogP contribution in [0.2, 0.25) is 0 Å². The van der Waals surface area contributed by atoms with Crippen LogP contribution in [0.4, 0.5) is 0 Å². The second kappa shape index (κ2) is 5.22. The fourth-order valence-electron chi connectivity index (χ4n) is 1.64. The van der Waals surface area contributed by atoms with E-state index in [1.54, 1.807) is 0 Å². The minimum Gasteiger partial charge on any atom is -0.495 e. The molecule has 0 amide bonds. The largest absolute Gasteiger partial charge is 0.495 e. The topological polar surface area (TPSA) is 46.9 Å². The first-order valence-corrected chi connectivity index (χ1v) is 5.09. The van der Waals surface area contributed by atoms with Gasteiger partial charge in [0.1, 0.15) is 0 Å². The van der Waals surface area contributed by atoms with Gasteiger partial charge in [0.25, 0.3) is 0 Å². The quantitative estimate of drug-likeness (QED) is 0.648. The molecule has 14 heavy (non-hydrogen) atoms. The molecule has 0 atom stereocenters. The molecule has 0 spiro atoms. The zero-order chi connectivity index (χ0) is 10.6. The minimum atomic E-state index is 0.217. The molecule has 0 aromatic carbocycles. The molecule has 0 bridgehead atoms. The molecule has 1 heterocycles. The van der Waals surface area contributed by atoms with E-state index in [1.807, 2.05) is 18.7 Å². The van der Waals surface area contributed by atoms with E-state index in [0.29, 0.717) is 5.88 Å². The number of rotatable bonds is 3. The van der Waals surface area contributed by atoms with E-state index in [0.717, 1.165) is 38.3 Å². The Morgan fingerprint density at radius 1 is 1.14 bits per heavy atom. The van der Waals surface area contributed by atoms with Crippen LogP contribution in [0, 0.1) is 0 Å². The zero-order valence-corrected chi connectivity index (χ0v) is 9.03. The lowest BCUT2D eigenvalue weighted by molar-refractivity contribution is 0.0969. The van der Waals surface area contributed by atoms with Crippen molar-refractivity contribution in [3.05, 3.63) is 11.5 Å². The van der Waals surface area contributed by atoms with Crippen LogP contribution in [-0.2, 0) is 0 Å². The van der Waals surface area contributed by atoms with Crippen molar-refractivity contribution in [1.82, 2.24) is 9.80 Å². The molecule has 4 heteroatoms. The van der Waals surface area contributed by atoms with Crippen molar-refractivity contribution in [2.75, 3.05) is 39.3 Å². The first-order valence-electron chi connectivity index (χ1n) is 5.09. The normalized spacial score (nSPS) is 18.4. The van der Waals surface area contributed by atoms with Crippen LogP contribution in [0.5, 0.6) is 0 Å². The van der Waals surface area contributed by atoms with E-state index in [9.17, 15) is 5.11 Å². The molecule has 1 aliphatic rings. The maximum atomic E-state index is 9.71. The Bertz CT molecular complexity index is 204. The standard InChI is InChI=1S/C10H20N2O2/c1-9(2)10(14)12-5-3-11(4-6-12)7-8-13/h13-14H,3-8H2,1-2H3. The zero-order valence-electron chi connectivity index (χ0n) is 9.03. The summed E-state index contributed by atoms with van der Waals surface area (Å²) in [6.45, 7) is 8.30. The molecule has 0 saturated carbocycles. The van der Waals surface area contributed by atoms with Gasteiger partial charge in [-0.2, -0.15) is 0 Å². The highest BCUT2D eigenvalue weighted by Crippen LogP contribution is 2.10.